The Hall–Kier alpha value is -2.55. The molecule has 2 rings (SSSR count). The van der Waals surface area contributed by atoms with Gasteiger partial charge in [-0.15, -0.1) is 0 Å². The molecule has 0 saturated carbocycles. The molecule has 0 radical (unpaired) electrons. The van der Waals surface area contributed by atoms with Gasteiger partial charge in [0.05, 0.1) is 5.57 Å². The molecule has 0 aliphatic heterocycles. The number of hydrogen-bond acceptors (Lipinski definition) is 2. The summed E-state index contributed by atoms with van der Waals surface area (Å²) in [5.74, 6) is -0.120. The van der Waals surface area contributed by atoms with Crippen LogP contribution >= 0.6 is 0 Å². The number of carbonyl (C=O) groups is 1. The van der Waals surface area contributed by atoms with Crippen molar-refractivity contribution in [2.75, 3.05) is 0 Å². The molecule has 21 heavy (non-hydrogen) atoms. The predicted molar refractivity (Wildman–Crippen MR) is 83.2 cm³/mol. The van der Waals surface area contributed by atoms with Crippen LogP contribution in [0, 0.1) is 6.92 Å². The highest BCUT2D eigenvalue weighted by Crippen LogP contribution is 2.23. The Morgan fingerprint density at radius 2 is 1.81 bits per heavy atom. The summed E-state index contributed by atoms with van der Waals surface area (Å²) >= 11 is 0. The average Bonchev–Trinajstić information content (AvgIpc) is 2.48. The third kappa shape index (κ3) is 3.51. The molecule has 1 N–H and O–H groups in total. The molecule has 3 heteroatoms. The first kappa shape index (κ1) is 14.9. The second kappa shape index (κ2) is 6.75. The first-order chi connectivity index (χ1) is 10.1. The molecule has 0 aliphatic carbocycles. The molecule has 0 unspecified atom stereocenters. The number of rotatable bonds is 5. The lowest BCUT2D eigenvalue weighted by Gasteiger charge is -2.13. The van der Waals surface area contributed by atoms with E-state index in [1.54, 1.807) is 19.1 Å². The molecule has 2 aromatic rings. The predicted octanol–water partition coefficient (Wildman–Crippen LogP) is 4.06. The van der Waals surface area contributed by atoms with E-state index in [1.807, 2.05) is 49.4 Å². The number of carboxylic acid groups (broad SMARTS) is 1. The second-order valence-corrected chi connectivity index (χ2v) is 4.72. The summed E-state index contributed by atoms with van der Waals surface area (Å²) in [6.45, 7) is 4.05. The highest BCUT2D eigenvalue weighted by atomic mass is 16.5. The summed E-state index contributed by atoms with van der Waals surface area (Å²) < 4.78 is 5.82. The maximum Gasteiger partial charge on any atom is 0.335 e. The zero-order valence-corrected chi connectivity index (χ0v) is 12.2. The van der Waals surface area contributed by atoms with E-state index in [-0.39, 0.29) is 0 Å². The minimum atomic E-state index is -0.930. The molecule has 0 spiro atoms. The molecule has 3 nitrogen and oxygen atoms in total. The van der Waals surface area contributed by atoms with Gasteiger partial charge in [0, 0.05) is 0 Å². The number of benzene rings is 2. The van der Waals surface area contributed by atoms with Crippen LogP contribution < -0.4 is 4.74 Å². The monoisotopic (exact) mass is 282 g/mol. The number of hydrogen-bond donors (Lipinski definition) is 1. The number of carboxylic acids is 1. The van der Waals surface area contributed by atoms with Gasteiger partial charge in [0.25, 0.3) is 0 Å². The van der Waals surface area contributed by atoms with Crippen LogP contribution in [-0.2, 0) is 11.4 Å². The Morgan fingerprint density at radius 3 is 2.48 bits per heavy atom. The van der Waals surface area contributed by atoms with Crippen molar-refractivity contribution in [2.24, 2.45) is 0 Å². The molecule has 2 aromatic carbocycles. The molecular formula is C18H18O3. The van der Waals surface area contributed by atoms with E-state index >= 15 is 0 Å². The highest BCUT2D eigenvalue weighted by Gasteiger charge is 2.13. The molecule has 0 aliphatic rings. The number of aliphatic carboxylic acids is 1. The van der Waals surface area contributed by atoms with Crippen LogP contribution in [0.3, 0.4) is 0 Å². The van der Waals surface area contributed by atoms with E-state index in [2.05, 4.69) is 0 Å². The van der Waals surface area contributed by atoms with Gasteiger partial charge in [0.2, 0.25) is 0 Å². The van der Waals surface area contributed by atoms with Gasteiger partial charge >= 0.3 is 5.97 Å². The topological polar surface area (TPSA) is 46.5 Å². The van der Waals surface area contributed by atoms with E-state index in [1.165, 1.54) is 0 Å². The zero-order valence-electron chi connectivity index (χ0n) is 12.2. The summed E-state index contributed by atoms with van der Waals surface area (Å²) in [7, 11) is 0. The van der Waals surface area contributed by atoms with Crippen molar-refractivity contribution in [3.05, 3.63) is 71.3 Å². The van der Waals surface area contributed by atoms with E-state index in [0.717, 1.165) is 16.9 Å². The van der Waals surface area contributed by atoms with Crippen LogP contribution in [0.4, 0.5) is 0 Å². The van der Waals surface area contributed by atoms with E-state index in [0.29, 0.717) is 17.7 Å². The summed E-state index contributed by atoms with van der Waals surface area (Å²) in [5.41, 5.74) is 2.90. The third-order valence-electron chi connectivity index (χ3n) is 3.30. The Bertz CT molecular complexity index is 672. The van der Waals surface area contributed by atoms with Crippen LogP contribution in [0.1, 0.15) is 23.6 Å². The second-order valence-electron chi connectivity index (χ2n) is 4.72. The van der Waals surface area contributed by atoms with Crippen molar-refractivity contribution in [3.8, 4) is 5.75 Å². The summed E-state index contributed by atoms with van der Waals surface area (Å²) in [5, 5.41) is 9.27. The van der Waals surface area contributed by atoms with E-state index in [4.69, 9.17) is 4.74 Å². The Labute approximate surface area is 124 Å². The molecule has 0 fully saturated rings. The largest absolute Gasteiger partial charge is 0.489 e. The number of para-hydroxylation sites is 1. The summed E-state index contributed by atoms with van der Waals surface area (Å²) in [6.07, 6.45) is 1.61. The van der Waals surface area contributed by atoms with Crippen molar-refractivity contribution in [2.45, 2.75) is 20.5 Å². The smallest absolute Gasteiger partial charge is 0.335 e. The molecular weight excluding hydrogens is 264 g/mol. The first-order valence-corrected chi connectivity index (χ1v) is 6.79. The molecule has 0 atom stereocenters. The molecule has 0 saturated heterocycles. The van der Waals surface area contributed by atoms with Crippen molar-refractivity contribution < 1.29 is 14.6 Å². The standard InChI is InChI=1S/C18H18O3/c1-3-15(18(19)20)16-10-6-5-9-14(16)12-21-17-11-7-4-8-13(17)2/h3-11H,12H2,1-2H3,(H,19,20)/b15-3-. The van der Waals surface area contributed by atoms with Crippen molar-refractivity contribution in [3.63, 3.8) is 0 Å². The lowest BCUT2D eigenvalue weighted by Crippen LogP contribution is -2.05. The van der Waals surface area contributed by atoms with Crippen LogP contribution in [0.5, 0.6) is 5.75 Å². The Balaban J connectivity index is 2.25. The fourth-order valence-corrected chi connectivity index (χ4v) is 2.18. The van der Waals surface area contributed by atoms with Crippen LogP contribution in [0.2, 0.25) is 0 Å². The average molecular weight is 282 g/mol. The van der Waals surface area contributed by atoms with Gasteiger partial charge in [-0.25, -0.2) is 4.79 Å². The molecule has 0 heterocycles. The number of ether oxygens (including phenoxy) is 1. The van der Waals surface area contributed by atoms with Crippen LogP contribution in [0.15, 0.2) is 54.6 Å². The lowest BCUT2D eigenvalue weighted by molar-refractivity contribution is -0.130. The Kier molecular flexibility index (Phi) is 4.77. The van der Waals surface area contributed by atoms with Gasteiger partial charge in [-0.3, -0.25) is 0 Å². The van der Waals surface area contributed by atoms with E-state index < -0.39 is 5.97 Å². The lowest BCUT2D eigenvalue weighted by atomic mass is 10.00. The van der Waals surface area contributed by atoms with Crippen molar-refractivity contribution in [1.82, 2.24) is 0 Å². The van der Waals surface area contributed by atoms with Gasteiger partial charge in [-0.05, 0) is 36.6 Å². The Morgan fingerprint density at radius 1 is 1.14 bits per heavy atom. The fourth-order valence-electron chi connectivity index (χ4n) is 2.18. The zero-order chi connectivity index (χ0) is 15.2. The quantitative estimate of drug-likeness (QED) is 0.841. The van der Waals surface area contributed by atoms with Gasteiger partial charge in [-0.2, -0.15) is 0 Å². The van der Waals surface area contributed by atoms with Crippen LogP contribution in [-0.4, -0.2) is 11.1 Å². The summed E-state index contributed by atoms with van der Waals surface area (Å²) in [6, 6.07) is 15.2. The minimum absolute atomic E-state index is 0.291. The van der Waals surface area contributed by atoms with Gasteiger partial charge in [0.1, 0.15) is 12.4 Å². The normalized spacial score (nSPS) is 11.2. The van der Waals surface area contributed by atoms with Crippen LogP contribution in [0.25, 0.3) is 5.57 Å². The SMILES string of the molecule is C/C=C(\C(=O)O)c1ccccc1COc1ccccc1C. The highest BCUT2D eigenvalue weighted by molar-refractivity contribution is 6.15. The fraction of sp³-hybridized carbons (Fsp3) is 0.167. The summed E-state index contributed by atoms with van der Waals surface area (Å²) in [4.78, 5) is 11.3. The number of aryl methyl sites for hydroxylation is 1. The molecule has 0 bridgehead atoms. The van der Waals surface area contributed by atoms with E-state index in [9.17, 15) is 9.90 Å². The van der Waals surface area contributed by atoms with Gasteiger partial charge in [0.15, 0.2) is 0 Å². The first-order valence-electron chi connectivity index (χ1n) is 6.79. The van der Waals surface area contributed by atoms with Gasteiger partial charge in [-0.1, -0.05) is 48.5 Å². The molecule has 108 valence electrons. The molecule has 0 aromatic heterocycles. The van der Waals surface area contributed by atoms with Gasteiger partial charge < -0.3 is 9.84 Å². The maximum absolute atomic E-state index is 11.3. The molecule has 0 amide bonds. The van der Waals surface area contributed by atoms with Crippen molar-refractivity contribution in [1.29, 1.82) is 0 Å². The minimum Gasteiger partial charge on any atom is -0.489 e. The number of allylic oxidation sites excluding steroid dienone is 1. The maximum atomic E-state index is 11.3. The third-order valence-corrected chi connectivity index (χ3v) is 3.30. The van der Waals surface area contributed by atoms with Crippen molar-refractivity contribution >= 4 is 11.5 Å².